The molecule has 7 nitrogen and oxygen atoms in total. The Balaban J connectivity index is 0. The van der Waals surface area contributed by atoms with Gasteiger partial charge in [-0.1, -0.05) is 52.9 Å². The molecule has 22 heavy (non-hydrogen) atoms. The Kier molecular flexibility index (Phi) is 16.5. The van der Waals surface area contributed by atoms with Crippen LogP contribution in [-0.2, 0) is 35.3 Å². The van der Waals surface area contributed by atoms with E-state index in [9.17, 15) is 0 Å². The third-order valence-electron chi connectivity index (χ3n) is 1.72. The molecule has 0 atom stereocenters. The van der Waals surface area contributed by atoms with Crippen molar-refractivity contribution in [2.75, 3.05) is 0 Å². The van der Waals surface area contributed by atoms with Gasteiger partial charge < -0.3 is 33.4 Å². The third-order valence-corrected chi connectivity index (χ3v) is 1.72. The zero-order valence-corrected chi connectivity index (χ0v) is 15.6. The summed E-state index contributed by atoms with van der Waals surface area (Å²) in [6.07, 6.45) is 0. The van der Waals surface area contributed by atoms with Gasteiger partial charge in [0, 0.05) is 0 Å². The third kappa shape index (κ3) is 17.5. The number of hydrogen-bond acceptors (Lipinski definition) is 7. The first kappa shape index (κ1) is 23.7. The molecule has 2 aromatic rings. The molecule has 0 fully saturated rings. The summed E-state index contributed by atoms with van der Waals surface area (Å²) < 4.78 is 22.6. The molecule has 0 unspecified atom stereocenters. The first-order valence-electron chi connectivity index (χ1n) is 5.45. The molecule has 0 spiro atoms. The molecular weight excluding hydrogens is 409 g/mol. The Morgan fingerprint density at radius 2 is 0.864 bits per heavy atom. The molecule has 2 rings (SSSR count). The normalized spacial score (nSPS) is 8.82. The van der Waals surface area contributed by atoms with Gasteiger partial charge in [0.25, 0.3) is 0 Å². The minimum absolute atomic E-state index is 0. The van der Waals surface area contributed by atoms with Crippen LogP contribution in [0.2, 0.25) is 0 Å². The first-order valence-corrected chi connectivity index (χ1v) is 7.90. The molecule has 0 aliphatic heterocycles. The van der Waals surface area contributed by atoms with E-state index in [1.165, 1.54) is 0 Å². The summed E-state index contributed by atoms with van der Waals surface area (Å²) in [5.41, 5.74) is 0. The van der Waals surface area contributed by atoms with Crippen LogP contribution in [0.3, 0.4) is 0 Å². The van der Waals surface area contributed by atoms with Gasteiger partial charge in [-0.25, -0.2) is 0 Å². The van der Waals surface area contributed by atoms with E-state index in [1.807, 2.05) is 60.7 Å². The van der Waals surface area contributed by atoms with Gasteiger partial charge in [0.2, 0.25) is 0 Å². The molecule has 0 amide bonds. The molecular formula is C12H12O7P2Zr. The predicted octanol–water partition coefficient (Wildman–Crippen LogP) is -0.330. The Bertz CT molecular complexity index is 482. The van der Waals surface area contributed by atoms with Crippen LogP contribution >= 0.6 is 16.5 Å². The minimum atomic E-state index is -3.63. The number of rotatable bonds is 2. The Labute approximate surface area is 148 Å². The molecule has 0 radical (unpaired) electrons. The fourth-order valence-electron chi connectivity index (χ4n) is 1.11. The van der Waals surface area contributed by atoms with E-state index in [1.54, 1.807) is 0 Å². The Morgan fingerprint density at radius 1 is 0.636 bits per heavy atom. The smallest absolute Gasteiger partial charge is 0.813 e. The summed E-state index contributed by atoms with van der Waals surface area (Å²) >= 11 is 0. The summed E-state index contributed by atoms with van der Waals surface area (Å²) in [6.45, 7) is 0. The minimum Gasteiger partial charge on any atom is -0.813 e. The quantitative estimate of drug-likeness (QED) is 0.606. The summed E-state index contributed by atoms with van der Waals surface area (Å²) in [7, 11) is -7.26. The van der Waals surface area contributed by atoms with Crippen molar-refractivity contribution in [2.24, 2.45) is 0 Å². The molecule has 0 saturated carbocycles. The molecule has 0 aromatic heterocycles. The van der Waals surface area contributed by atoms with Crippen molar-refractivity contribution in [3.05, 3.63) is 60.7 Å². The fourth-order valence-corrected chi connectivity index (χ4v) is 1.11. The van der Waals surface area contributed by atoms with E-state index in [2.05, 4.69) is 0 Å². The standard InChI is InChI=1S/C12H10O.2H3O3P.Zr/c1-3-7-11(8-4-1)13-12-9-5-2-6-10-12;2*1-4(2)3;/h1-10H;2*4H,(H2,1,2,3);/q;;;+4/p-4. The van der Waals surface area contributed by atoms with Crippen LogP contribution in [0.25, 0.3) is 0 Å². The molecule has 0 saturated heterocycles. The van der Waals surface area contributed by atoms with Gasteiger partial charge in [0.15, 0.2) is 0 Å². The predicted molar refractivity (Wildman–Crippen MR) is 71.0 cm³/mol. The van der Waals surface area contributed by atoms with Gasteiger partial charge in [0.1, 0.15) is 11.5 Å². The summed E-state index contributed by atoms with van der Waals surface area (Å²) in [5.74, 6) is 1.74. The molecule has 0 heterocycles. The van der Waals surface area contributed by atoms with Crippen molar-refractivity contribution in [1.82, 2.24) is 0 Å². The number of para-hydroxylation sites is 2. The average molecular weight is 421 g/mol. The largest absolute Gasteiger partial charge is 4.00 e. The van der Waals surface area contributed by atoms with Crippen LogP contribution < -0.4 is 24.3 Å². The van der Waals surface area contributed by atoms with E-state index < -0.39 is 16.5 Å². The van der Waals surface area contributed by atoms with Gasteiger partial charge in [-0.15, -0.1) is 0 Å². The van der Waals surface area contributed by atoms with Crippen LogP contribution in [-0.4, -0.2) is 0 Å². The molecule has 0 bridgehead atoms. The van der Waals surface area contributed by atoms with Gasteiger partial charge in [-0.2, -0.15) is 0 Å². The van der Waals surface area contributed by atoms with Gasteiger partial charge in [-0.05, 0) is 24.3 Å². The van der Waals surface area contributed by atoms with Crippen molar-refractivity contribution >= 4 is 16.5 Å². The van der Waals surface area contributed by atoms with Crippen LogP contribution in [0.4, 0.5) is 0 Å². The SMILES string of the molecule is O=[PH]([O-])[O-].O=[PH]([O-])[O-].[Zr+4].c1ccc(Oc2ccccc2)cc1. The Hall–Kier alpha value is -0.577. The molecule has 116 valence electrons. The second kappa shape index (κ2) is 15.3. The van der Waals surface area contributed by atoms with Gasteiger partial charge in [-0.3, -0.25) is 0 Å². The second-order valence-corrected chi connectivity index (χ2v) is 4.23. The molecule has 10 heteroatoms. The number of ether oxygens (including phenoxy) is 1. The number of hydrogen-bond donors (Lipinski definition) is 0. The maximum Gasteiger partial charge on any atom is 4.00 e. The maximum atomic E-state index is 8.52. The van der Waals surface area contributed by atoms with E-state index in [4.69, 9.17) is 33.4 Å². The first-order chi connectivity index (χ1) is 9.91. The van der Waals surface area contributed by atoms with Gasteiger partial charge >= 0.3 is 26.2 Å². The van der Waals surface area contributed by atoms with E-state index in [0.717, 1.165) is 11.5 Å². The molecule has 0 N–H and O–H groups in total. The maximum absolute atomic E-state index is 8.52. The monoisotopic (exact) mass is 420 g/mol. The summed E-state index contributed by atoms with van der Waals surface area (Å²) in [4.78, 5) is 34.1. The van der Waals surface area contributed by atoms with Crippen molar-refractivity contribution in [3.63, 3.8) is 0 Å². The number of benzene rings is 2. The van der Waals surface area contributed by atoms with Crippen LogP contribution in [0.1, 0.15) is 0 Å². The van der Waals surface area contributed by atoms with Crippen molar-refractivity contribution in [2.45, 2.75) is 0 Å². The Morgan fingerprint density at radius 3 is 1.09 bits per heavy atom. The topological polar surface area (TPSA) is 136 Å². The van der Waals surface area contributed by atoms with Crippen molar-refractivity contribution in [1.29, 1.82) is 0 Å². The molecule has 0 aliphatic rings. The zero-order valence-electron chi connectivity index (χ0n) is 11.1. The fraction of sp³-hybridized carbons (Fsp3) is 0. The van der Waals surface area contributed by atoms with E-state index >= 15 is 0 Å². The van der Waals surface area contributed by atoms with Crippen LogP contribution in [0.15, 0.2) is 60.7 Å². The summed E-state index contributed by atoms with van der Waals surface area (Å²) in [6, 6.07) is 19.5. The van der Waals surface area contributed by atoms with Gasteiger partial charge in [0.05, 0.1) is 0 Å². The van der Waals surface area contributed by atoms with Crippen molar-refractivity contribution in [3.8, 4) is 11.5 Å². The van der Waals surface area contributed by atoms with Crippen molar-refractivity contribution < 1.29 is 59.6 Å². The van der Waals surface area contributed by atoms with E-state index in [0.29, 0.717) is 0 Å². The molecule has 2 aromatic carbocycles. The summed E-state index contributed by atoms with van der Waals surface area (Å²) in [5, 5.41) is 0. The second-order valence-electron chi connectivity index (χ2n) is 3.23. The van der Waals surface area contributed by atoms with Crippen LogP contribution in [0, 0.1) is 0 Å². The van der Waals surface area contributed by atoms with Crippen LogP contribution in [0.5, 0.6) is 11.5 Å². The molecule has 0 aliphatic carbocycles. The zero-order chi connectivity index (χ0) is 16.1. The average Bonchev–Trinajstić information content (AvgIpc) is 2.40. The van der Waals surface area contributed by atoms with E-state index in [-0.39, 0.29) is 26.2 Å².